The van der Waals surface area contributed by atoms with Gasteiger partial charge in [-0.25, -0.2) is 4.98 Å². The average Bonchev–Trinajstić information content (AvgIpc) is 2.35. The van der Waals surface area contributed by atoms with E-state index in [2.05, 4.69) is 10.3 Å². The predicted octanol–water partition coefficient (Wildman–Crippen LogP) is 2.28. The van der Waals surface area contributed by atoms with Gasteiger partial charge in [0.05, 0.1) is 16.3 Å². The molecule has 0 saturated heterocycles. The normalized spacial score (nSPS) is 10.1. The number of carbonyl (C=O) groups excluding carboxylic acids is 1. The van der Waals surface area contributed by atoms with Crippen molar-refractivity contribution in [1.29, 1.82) is 0 Å². The number of aromatic nitrogens is 1. The van der Waals surface area contributed by atoms with E-state index in [1.807, 2.05) is 0 Å². The fourth-order valence-corrected chi connectivity index (χ4v) is 1.59. The Balaban J connectivity index is 2.28. The molecule has 0 bridgehead atoms. The summed E-state index contributed by atoms with van der Waals surface area (Å²) in [6.45, 7) is 0. The molecule has 18 heavy (non-hydrogen) atoms. The zero-order valence-electron chi connectivity index (χ0n) is 9.22. The van der Waals surface area contributed by atoms with E-state index in [0.29, 0.717) is 5.69 Å². The number of aromatic hydroxyl groups is 1. The van der Waals surface area contributed by atoms with Crippen LogP contribution in [0.3, 0.4) is 0 Å². The monoisotopic (exact) mass is 263 g/mol. The van der Waals surface area contributed by atoms with Crippen LogP contribution in [0.25, 0.3) is 0 Å². The second kappa shape index (κ2) is 4.93. The summed E-state index contributed by atoms with van der Waals surface area (Å²) in [5, 5.41) is 12.1. The number of nitrogens with zero attached hydrogens (tertiary/aromatic N) is 1. The van der Waals surface area contributed by atoms with E-state index in [-0.39, 0.29) is 22.2 Å². The molecule has 1 aromatic heterocycles. The number of rotatable bonds is 2. The topological polar surface area (TPSA) is 88.2 Å². The first-order valence-electron chi connectivity index (χ1n) is 5.08. The lowest BCUT2D eigenvalue weighted by atomic mass is 10.2. The van der Waals surface area contributed by atoms with Crippen LogP contribution < -0.4 is 11.1 Å². The molecular formula is C12H10ClN3O2. The van der Waals surface area contributed by atoms with Crippen molar-refractivity contribution in [3.05, 3.63) is 47.1 Å². The fraction of sp³-hybridized carbons (Fsp3) is 0. The molecule has 2 rings (SSSR count). The van der Waals surface area contributed by atoms with Gasteiger partial charge in [0.25, 0.3) is 5.91 Å². The summed E-state index contributed by atoms with van der Waals surface area (Å²) in [6.07, 6.45) is 1.51. The van der Waals surface area contributed by atoms with Crippen LogP contribution in [0.1, 0.15) is 10.4 Å². The fourth-order valence-electron chi connectivity index (χ4n) is 1.38. The van der Waals surface area contributed by atoms with Gasteiger partial charge in [-0.2, -0.15) is 0 Å². The van der Waals surface area contributed by atoms with Crippen LogP contribution in [-0.2, 0) is 0 Å². The van der Waals surface area contributed by atoms with Crippen molar-refractivity contribution >= 4 is 29.0 Å². The first kappa shape index (κ1) is 12.2. The minimum atomic E-state index is -0.485. The zero-order chi connectivity index (χ0) is 13.1. The number of nitrogens with two attached hydrogens (primary N) is 1. The smallest absolute Gasteiger partial charge is 0.258 e. The van der Waals surface area contributed by atoms with Crippen LogP contribution in [0, 0.1) is 0 Å². The molecule has 0 spiro atoms. The van der Waals surface area contributed by atoms with Gasteiger partial charge in [-0.15, -0.1) is 0 Å². The van der Waals surface area contributed by atoms with Crippen molar-refractivity contribution in [2.45, 2.75) is 0 Å². The third-order valence-corrected chi connectivity index (χ3v) is 2.60. The van der Waals surface area contributed by atoms with Gasteiger partial charge in [-0.3, -0.25) is 4.79 Å². The number of nitrogen functional groups attached to an aromatic ring is 1. The highest BCUT2D eigenvalue weighted by Crippen LogP contribution is 2.23. The van der Waals surface area contributed by atoms with E-state index >= 15 is 0 Å². The summed E-state index contributed by atoms with van der Waals surface area (Å²) in [5.74, 6) is -0.276. The number of benzene rings is 1. The van der Waals surface area contributed by atoms with Crippen molar-refractivity contribution in [1.82, 2.24) is 4.98 Å². The van der Waals surface area contributed by atoms with E-state index in [1.165, 1.54) is 24.4 Å². The molecule has 0 radical (unpaired) electrons. The number of anilines is 2. The molecule has 6 heteroatoms. The van der Waals surface area contributed by atoms with Gasteiger partial charge in [0.2, 0.25) is 0 Å². The molecule has 0 fully saturated rings. The molecule has 1 amide bonds. The second-order valence-electron chi connectivity index (χ2n) is 3.56. The van der Waals surface area contributed by atoms with Crippen LogP contribution in [-0.4, -0.2) is 16.0 Å². The van der Waals surface area contributed by atoms with Crippen LogP contribution in [0.15, 0.2) is 36.5 Å². The maximum absolute atomic E-state index is 11.9. The Labute approximate surface area is 108 Å². The van der Waals surface area contributed by atoms with Crippen molar-refractivity contribution in [2.75, 3.05) is 11.1 Å². The van der Waals surface area contributed by atoms with E-state index in [9.17, 15) is 9.90 Å². The summed E-state index contributed by atoms with van der Waals surface area (Å²) >= 11 is 5.87. The molecule has 4 N–H and O–H groups in total. The molecule has 0 aliphatic carbocycles. The molecule has 0 saturated carbocycles. The van der Waals surface area contributed by atoms with Gasteiger partial charge < -0.3 is 16.2 Å². The Bertz CT molecular complexity index is 602. The molecule has 1 heterocycles. The van der Waals surface area contributed by atoms with Gasteiger partial charge in [-0.05, 0) is 30.3 Å². The summed E-state index contributed by atoms with van der Waals surface area (Å²) in [7, 11) is 0. The summed E-state index contributed by atoms with van der Waals surface area (Å²) < 4.78 is 0. The van der Waals surface area contributed by atoms with Gasteiger partial charge in [-0.1, -0.05) is 11.6 Å². The molecule has 0 unspecified atom stereocenters. The first-order valence-corrected chi connectivity index (χ1v) is 5.46. The van der Waals surface area contributed by atoms with Gasteiger partial charge in [0.1, 0.15) is 5.75 Å². The summed E-state index contributed by atoms with van der Waals surface area (Å²) in [4.78, 5) is 15.9. The number of nitrogens with one attached hydrogen (secondary N) is 1. The number of hydrogen-bond acceptors (Lipinski definition) is 4. The van der Waals surface area contributed by atoms with Crippen LogP contribution in [0.4, 0.5) is 11.5 Å². The lowest BCUT2D eigenvalue weighted by molar-refractivity contribution is 0.102. The molecule has 92 valence electrons. The number of carbonyl (C=O) groups is 1. The third-order valence-electron chi connectivity index (χ3n) is 2.27. The Kier molecular flexibility index (Phi) is 3.34. The Morgan fingerprint density at radius 3 is 2.89 bits per heavy atom. The van der Waals surface area contributed by atoms with E-state index in [0.717, 1.165) is 0 Å². The van der Waals surface area contributed by atoms with Crippen molar-refractivity contribution < 1.29 is 9.90 Å². The number of phenolic OH excluding ortho intramolecular Hbond substituents is 1. The quantitative estimate of drug-likeness (QED) is 0.775. The maximum Gasteiger partial charge on any atom is 0.258 e. The molecule has 0 atom stereocenters. The van der Waals surface area contributed by atoms with Crippen LogP contribution in [0.5, 0.6) is 5.75 Å². The lowest BCUT2D eigenvalue weighted by Gasteiger charge is -2.08. The minimum absolute atomic E-state index is 0.0430. The third kappa shape index (κ3) is 2.52. The highest BCUT2D eigenvalue weighted by atomic mass is 35.5. The van der Waals surface area contributed by atoms with Crippen molar-refractivity contribution in [2.24, 2.45) is 0 Å². The predicted molar refractivity (Wildman–Crippen MR) is 69.7 cm³/mol. The summed E-state index contributed by atoms with van der Waals surface area (Å²) in [6, 6.07) is 7.39. The molecule has 0 aliphatic rings. The molecule has 1 aromatic carbocycles. The molecular weight excluding hydrogens is 254 g/mol. The number of pyridine rings is 1. The standard InChI is InChI=1S/C12H10ClN3O2/c13-9-4-3-7(17)6-8(9)12(18)16-11-10(14)2-1-5-15-11/h1-6,17H,14H2,(H,15,16,18). The van der Waals surface area contributed by atoms with E-state index in [4.69, 9.17) is 17.3 Å². The zero-order valence-corrected chi connectivity index (χ0v) is 9.98. The average molecular weight is 264 g/mol. The largest absolute Gasteiger partial charge is 0.508 e. The lowest BCUT2D eigenvalue weighted by Crippen LogP contribution is -2.14. The van der Waals surface area contributed by atoms with E-state index < -0.39 is 5.91 Å². The Morgan fingerprint density at radius 1 is 1.39 bits per heavy atom. The van der Waals surface area contributed by atoms with Crippen LogP contribution in [0.2, 0.25) is 5.02 Å². The first-order chi connectivity index (χ1) is 8.58. The second-order valence-corrected chi connectivity index (χ2v) is 3.97. The minimum Gasteiger partial charge on any atom is -0.508 e. The Hall–Kier alpha value is -2.27. The molecule has 5 nitrogen and oxygen atoms in total. The number of amides is 1. The molecule has 0 aliphatic heterocycles. The Morgan fingerprint density at radius 2 is 2.17 bits per heavy atom. The van der Waals surface area contributed by atoms with Crippen molar-refractivity contribution in [3.63, 3.8) is 0 Å². The molecule has 2 aromatic rings. The SMILES string of the molecule is Nc1cccnc1NC(=O)c1cc(O)ccc1Cl. The number of hydrogen-bond donors (Lipinski definition) is 3. The van der Waals surface area contributed by atoms with Crippen LogP contribution >= 0.6 is 11.6 Å². The van der Waals surface area contributed by atoms with Gasteiger partial charge in [0.15, 0.2) is 5.82 Å². The van der Waals surface area contributed by atoms with Gasteiger partial charge in [0, 0.05) is 6.20 Å². The highest BCUT2D eigenvalue weighted by Gasteiger charge is 2.13. The van der Waals surface area contributed by atoms with E-state index in [1.54, 1.807) is 12.1 Å². The summed E-state index contributed by atoms with van der Waals surface area (Å²) in [5.41, 5.74) is 6.16. The van der Waals surface area contributed by atoms with Gasteiger partial charge >= 0.3 is 0 Å². The number of halogens is 1. The number of phenols is 1. The highest BCUT2D eigenvalue weighted by molar-refractivity contribution is 6.34. The van der Waals surface area contributed by atoms with Crippen molar-refractivity contribution in [3.8, 4) is 5.75 Å². The maximum atomic E-state index is 11.9.